The molecule has 1 atom stereocenters. The van der Waals surface area contributed by atoms with E-state index in [0.29, 0.717) is 6.04 Å². The van der Waals surface area contributed by atoms with E-state index < -0.39 is 0 Å². The molecule has 4 rings (SSSR count). The zero-order valence-corrected chi connectivity index (χ0v) is 13.3. The molecule has 2 aliphatic heterocycles. The molecule has 116 valence electrons. The second-order valence-corrected chi connectivity index (χ2v) is 5.83. The summed E-state index contributed by atoms with van der Waals surface area (Å²) in [5, 5.41) is 3.45. The van der Waals surface area contributed by atoms with Crippen molar-refractivity contribution in [1.29, 1.82) is 0 Å². The van der Waals surface area contributed by atoms with Gasteiger partial charge in [0.25, 0.3) is 0 Å². The van der Waals surface area contributed by atoms with Crippen molar-refractivity contribution in [3.63, 3.8) is 0 Å². The van der Waals surface area contributed by atoms with Gasteiger partial charge in [0.1, 0.15) is 12.4 Å². The van der Waals surface area contributed by atoms with Crippen molar-refractivity contribution in [2.24, 2.45) is 0 Å². The van der Waals surface area contributed by atoms with Crippen molar-refractivity contribution < 1.29 is 4.74 Å². The fourth-order valence-corrected chi connectivity index (χ4v) is 3.21. The molecule has 1 fully saturated rings. The van der Waals surface area contributed by atoms with Crippen LogP contribution in [0.3, 0.4) is 0 Å². The van der Waals surface area contributed by atoms with Gasteiger partial charge in [-0.15, -0.1) is 12.4 Å². The van der Waals surface area contributed by atoms with Gasteiger partial charge < -0.3 is 10.1 Å². The molecule has 0 aromatic heterocycles. The molecular weight excluding hydrogens is 296 g/mol. The third kappa shape index (κ3) is 2.98. The van der Waals surface area contributed by atoms with E-state index in [2.05, 4.69) is 58.7 Å². The lowest BCUT2D eigenvalue weighted by molar-refractivity contribution is 0.120. The first kappa shape index (κ1) is 15.3. The maximum Gasteiger partial charge on any atom is 0.124 e. The summed E-state index contributed by atoms with van der Waals surface area (Å²) >= 11 is 0. The number of halogens is 1. The van der Waals surface area contributed by atoms with Crippen molar-refractivity contribution in [2.45, 2.75) is 12.6 Å². The molecule has 0 bridgehead atoms. The smallest absolute Gasteiger partial charge is 0.124 e. The summed E-state index contributed by atoms with van der Waals surface area (Å²) in [6.45, 7) is 4.98. The fraction of sp³-hybridized carbons (Fsp3) is 0.333. The van der Waals surface area contributed by atoms with Crippen LogP contribution in [0.1, 0.15) is 5.56 Å². The lowest BCUT2D eigenvalue weighted by Crippen LogP contribution is -2.52. The molecule has 2 aromatic rings. The van der Waals surface area contributed by atoms with Crippen LogP contribution in [0.15, 0.2) is 48.5 Å². The van der Waals surface area contributed by atoms with E-state index in [4.69, 9.17) is 4.74 Å². The van der Waals surface area contributed by atoms with Gasteiger partial charge in [-0.25, -0.2) is 0 Å². The van der Waals surface area contributed by atoms with Crippen molar-refractivity contribution in [1.82, 2.24) is 10.2 Å². The molecule has 2 aromatic carbocycles. The standard InChI is InChI=1S/C18H20N2O.ClH/c1-2-4-14(5-3-1)15-6-7-16-12-20-9-8-19-11-17(20)13-21-18(16)10-15;/h1-7,10,17,19H,8-9,11-13H2;1H. The minimum Gasteiger partial charge on any atom is -0.492 e. The molecule has 2 heterocycles. The minimum atomic E-state index is 0. The quantitative estimate of drug-likeness (QED) is 0.875. The van der Waals surface area contributed by atoms with Crippen molar-refractivity contribution >= 4 is 12.4 Å². The first-order chi connectivity index (χ1) is 10.4. The Labute approximate surface area is 137 Å². The highest BCUT2D eigenvalue weighted by molar-refractivity contribution is 5.85. The van der Waals surface area contributed by atoms with E-state index in [1.807, 2.05) is 0 Å². The number of nitrogens with one attached hydrogen (secondary N) is 1. The number of hydrogen-bond donors (Lipinski definition) is 1. The predicted octanol–water partition coefficient (Wildman–Crippen LogP) is 2.94. The van der Waals surface area contributed by atoms with Gasteiger partial charge in [-0.2, -0.15) is 0 Å². The van der Waals surface area contributed by atoms with Crippen molar-refractivity contribution in [2.75, 3.05) is 26.2 Å². The van der Waals surface area contributed by atoms with Crippen LogP contribution in [0.5, 0.6) is 5.75 Å². The first-order valence-electron chi connectivity index (χ1n) is 7.66. The Morgan fingerprint density at radius 3 is 2.77 bits per heavy atom. The van der Waals surface area contributed by atoms with E-state index in [-0.39, 0.29) is 12.4 Å². The topological polar surface area (TPSA) is 24.5 Å². The lowest BCUT2D eigenvalue weighted by atomic mass is 10.0. The van der Waals surface area contributed by atoms with Gasteiger partial charge >= 0.3 is 0 Å². The zero-order chi connectivity index (χ0) is 14.1. The SMILES string of the molecule is Cl.c1ccc(-c2ccc3c(c2)OCC2CNCCN2C3)cc1. The summed E-state index contributed by atoms with van der Waals surface area (Å²) in [5.41, 5.74) is 3.78. The Balaban J connectivity index is 0.00000144. The van der Waals surface area contributed by atoms with Gasteiger partial charge in [-0.05, 0) is 17.2 Å². The summed E-state index contributed by atoms with van der Waals surface area (Å²) < 4.78 is 6.10. The van der Waals surface area contributed by atoms with Gasteiger partial charge in [0.2, 0.25) is 0 Å². The molecule has 2 aliphatic rings. The molecular formula is C18H21ClN2O. The lowest BCUT2D eigenvalue weighted by Gasteiger charge is -2.33. The maximum atomic E-state index is 6.10. The molecule has 3 nitrogen and oxygen atoms in total. The normalized spacial score (nSPS) is 20.8. The molecule has 1 saturated heterocycles. The van der Waals surface area contributed by atoms with Crippen LogP contribution in [0.2, 0.25) is 0 Å². The average molecular weight is 317 g/mol. The van der Waals surface area contributed by atoms with Crippen LogP contribution in [-0.2, 0) is 6.54 Å². The molecule has 0 amide bonds. The number of fused-ring (bicyclic) bond motifs is 2. The van der Waals surface area contributed by atoms with E-state index in [1.54, 1.807) is 0 Å². The fourth-order valence-electron chi connectivity index (χ4n) is 3.21. The summed E-state index contributed by atoms with van der Waals surface area (Å²) in [4.78, 5) is 2.53. The maximum absolute atomic E-state index is 6.10. The van der Waals surface area contributed by atoms with Crippen LogP contribution in [0, 0.1) is 0 Å². The van der Waals surface area contributed by atoms with E-state index in [9.17, 15) is 0 Å². The van der Waals surface area contributed by atoms with Crippen LogP contribution >= 0.6 is 12.4 Å². The monoisotopic (exact) mass is 316 g/mol. The van der Waals surface area contributed by atoms with Crippen molar-refractivity contribution in [3.8, 4) is 16.9 Å². The number of nitrogens with zero attached hydrogens (tertiary/aromatic N) is 1. The molecule has 1 unspecified atom stereocenters. The van der Waals surface area contributed by atoms with Crippen LogP contribution in [-0.4, -0.2) is 37.2 Å². The molecule has 4 heteroatoms. The number of ether oxygens (including phenoxy) is 1. The first-order valence-corrected chi connectivity index (χ1v) is 7.66. The second-order valence-electron chi connectivity index (χ2n) is 5.83. The highest BCUT2D eigenvalue weighted by atomic mass is 35.5. The third-order valence-electron chi connectivity index (χ3n) is 4.45. The Bertz CT molecular complexity index is 632. The Hall–Kier alpha value is -1.55. The average Bonchev–Trinajstić information content (AvgIpc) is 2.74. The number of piperazine rings is 1. The second kappa shape index (κ2) is 6.69. The number of hydrogen-bond acceptors (Lipinski definition) is 3. The Kier molecular flexibility index (Phi) is 4.67. The largest absolute Gasteiger partial charge is 0.492 e. The highest BCUT2D eigenvalue weighted by Gasteiger charge is 2.26. The predicted molar refractivity (Wildman–Crippen MR) is 91.7 cm³/mol. The van der Waals surface area contributed by atoms with Gasteiger partial charge in [0.05, 0.1) is 6.04 Å². The molecule has 22 heavy (non-hydrogen) atoms. The molecule has 0 spiro atoms. The summed E-state index contributed by atoms with van der Waals surface area (Å²) in [6, 6.07) is 17.6. The van der Waals surface area contributed by atoms with E-state index in [0.717, 1.165) is 38.5 Å². The molecule has 0 radical (unpaired) electrons. The molecule has 1 N–H and O–H groups in total. The summed E-state index contributed by atoms with van der Waals surface area (Å²) in [7, 11) is 0. The van der Waals surface area contributed by atoms with Crippen LogP contribution < -0.4 is 10.1 Å². The minimum absolute atomic E-state index is 0. The van der Waals surface area contributed by atoms with Gasteiger partial charge in [-0.1, -0.05) is 42.5 Å². The zero-order valence-electron chi connectivity index (χ0n) is 12.5. The number of benzene rings is 2. The van der Waals surface area contributed by atoms with Crippen LogP contribution in [0.25, 0.3) is 11.1 Å². The van der Waals surface area contributed by atoms with Crippen molar-refractivity contribution in [3.05, 3.63) is 54.1 Å². The third-order valence-corrected chi connectivity index (χ3v) is 4.45. The van der Waals surface area contributed by atoms with Crippen LogP contribution in [0.4, 0.5) is 0 Å². The molecule has 0 aliphatic carbocycles. The summed E-state index contributed by atoms with van der Waals surface area (Å²) in [5.74, 6) is 1.05. The van der Waals surface area contributed by atoms with E-state index >= 15 is 0 Å². The summed E-state index contributed by atoms with van der Waals surface area (Å²) in [6.07, 6.45) is 0. The highest BCUT2D eigenvalue weighted by Crippen LogP contribution is 2.30. The van der Waals surface area contributed by atoms with Gasteiger partial charge in [0, 0.05) is 31.7 Å². The van der Waals surface area contributed by atoms with Gasteiger partial charge in [0.15, 0.2) is 0 Å². The Morgan fingerprint density at radius 1 is 1.05 bits per heavy atom. The Morgan fingerprint density at radius 2 is 1.91 bits per heavy atom. The van der Waals surface area contributed by atoms with Gasteiger partial charge in [-0.3, -0.25) is 4.90 Å². The molecule has 0 saturated carbocycles. The van der Waals surface area contributed by atoms with E-state index in [1.165, 1.54) is 16.7 Å². The number of rotatable bonds is 1.